The van der Waals surface area contributed by atoms with Crippen molar-refractivity contribution in [3.63, 3.8) is 0 Å². The molecule has 1 aliphatic heterocycles. The van der Waals surface area contributed by atoms with E-state index in [9.17, 15) is 9.59 Å². The zero-order valence-corrected chi connectivity index (χ0v) is 20.9. The molecule has 174 valence electrons. The van der Waals surface area contributed by atoms with E-state index in [1.165, 1.54) is 34.0 Å². The van der Waals surface area contributed by atoms with Gasteiger partial charge in [-0.2, -0.15) is 0 Å². The summed E-state index contributed by atoms with van der Waals surface area (Å²) in [6.07, 6.45) is 4.10. The first-order valence-electron chi connectivity index (χ1n) is 11.0. The number of aliphatic carboxylic acids is 1. The van der Waals surface area contributed by atoms with E-state index in [4.69, 9.17) is 22.1 Å². The maximum absolute atomic E-state index is 12.7. The van der Waals surface area contributed by atoms with Crippen LogP contribution < -0.4 is 4.74 Å². The minimum absolute atomic E-state index is 0.0891. The summed E-state index contributed by atoms with van der Waals surface area (Å²) in [6.45, 7) is 7.35. The summed E-state index contributed by atoms with van der Waals surface area (Å²) in [6, 6.07) is 12.0. The standard InChI is InChI=1S/C26H29NO4S2/c1-17-13-19(3)21(14-18(17)2)16-31-22-10-8-20(9-11-22)15-23-25(30)27(26(32)33-23)12-6-4-5-7-24(28)29/h8-11,13-15H,4-7,12,16H2,1-3H3,(H,28,29)/b23-15+. The predicted molar refractivity (Wildman–Crippen MR) is 137 cm³/mol. The molecule has 0 atom stereocenters. The Hall–Kier alpha value is -2.64. The molecule has 0 aliphatic carbocycles. The van der Waals surface area contributed by atoms with E-state index in [-0.39, 0.29) is 12.3 Å². The summed E-state index contributed by atoms with van der Waals surface area (Å²) >= 11 is 6.68. The van der Waals surface area contributed by atoms with Gasteiger partial charge in [0.2, 0.25) is 0 Å². The van der Waals surface area contributed by atoms with Crippen molar-refractivity contribution in [3.8, 4) is 5.75 Å². The summed E-state index contributed by atoms with van der Waals surface area (Å²) in [7, 11) is 0. The predicted octanol–water partition coefficient (Wildman–Crippen LogP) is 6.04. The zero-order chi connectivity index (χ0) is 24.0. The van der Waals surface area contributed by atoms with Crippen molar-refractivity contribution in [2.75, 3.05) is 6.54 Å². The molecule has 1 aliphatic rings. The second-order valence-corrected chi connectivity index (χ2v) is 9.93. The van der Waals surface area contributed by atoms with Crippen molar-refractivity contribution in [2.45, 2.75) is 53.1 Å². The zero-order valence-electron chi connectivity index (χ0n) is 19.2. The molecule has 1 saturated heterocycles. The van der Waals surface area contributed by atoms with Gasteiger partial charge in [-0.25, -0.2) is 0 Å². The van der Waals surface area contributed by atoms with E-state index >= 15 is 0 Å². The first-order valence-corrected chi connectivity index (χ1v) is 12.2. The van der Waals surface area contributed by atoms with E-state index in [1.54, 1.807) is 4.90 Å². The van der Waals surface area contributed by atoms with Gasteiger partial charge in [0.25, 0.3) is 5.91 Å². The Morgan fingerprint density at radius 2 is 1.76 bits per heavy atom. The number of carboxylic acids is 1. The summed E-state index contributed by atoms with van der Waals surface area (Å²) in [5, 5.41) is 8.71. The Bertz CT molecular complexity index is 1080. The van der Waals surface area contributed by atoms with E-state index in [1.807, 2.05) is 30.3 Å². The quantitative estimate of drug-likeness (QED) is 0.253. The molecule has 1 N–H and O–H groups in total. The number of carbonyl (C=O) groups excluding carboxylic acids is 1. The van der Waals surface area contributed by atoms with Crippen LogP contribution in [0.2, 0.25) is 0 Å². The van der Waals surface area contributed by atoms with E-state index in [2.05, 4.69) is 32.9 Å². The van der Waals surface area contributed by atoms with Crippen LogP contribution in [0.5, 0.6) is 5.75 Å². The minimum Gasteiger partial charge on any atom is -0.489 e. The van der Waals surface area contributed by atoms with E-state index in [0.29, 0.717) is 28.8 Å². The minimum atomic E-state index is -0.791. The van der Waals surface area contributed by atoms with Crippen molar-refractivity contribution >= 4 is 46.3 Å². The molecule has 0 radical (unpaired) electrons. The number of unbranched alkanes of at least 4 members (excludes halogenated alkanes) is 2. The largest absolute Gasteiger partial charge is 0.489 e. The van der Waals surface area contributed by atoms with Crippen LogP contribution in [0, 0.1) is 20.8 Å². The molecule has 1 amide bonds. The number of thiocarbonyl (C=S) groups is 1. The van der Waals surface area contributed by atoms with Gasteiger partial charge in [-0.1, -0.05) is 54.7 Å². The number of hydrogen-bond acceptors (Lipinski definition) is 5. The van der Waals surface area contributed by atoms with Crippen LogP contribution in [0.4, 0.5) is 0 Å². The van der Waals surface area contributed by atoms with Crippen LogP contribution in [-0.2, 0) is 16.2 Å². The fraction of sp³-hybridized carbons (Fsp3) is 0.346. The third-order valence-electron chi connectivity index (χ3n) is 5.67. The number of nitrogens with zero attached hydrogens (tertiary/aromatic N) is 1. The molecule has 1 heterocycles. The fourth-order valence-corrected chi connectivity index (χ4v) is 4.87. The summed E-state index contributed by atoms with van der Waals surface area (Å²) in [5.74, 6) is -0.104. The third kappa shape index (κ3) is 6.92. The number of benzene rings is 2. The molecule has 5 nitrogen and oxygen atoms in total. The van der Waals surface area contributed by atoms with Crippen LogP contribution >= 0.6 is 24.0 Å². The monoisotopic (exact) mass is 483 g/mol. The van der Waals surface area contributed by atoms with Crippen LogP contribution in [-0.4, -0.2) is 32.7 Å². The van der Waals surface area contributed by atoms with Crippen molar-refractivity contribution < 1.29 is 19.4 Å². The number of ether oxygens (including phenoxy) is 1. The second kappa shape index (κ2) is 11.5. The van der Waals surface area contributed by atoms with Crippen LogP contribution in [0.1, 0.15) is 53.5 Å². The third-order valence-corrected chi connectivity index (χ3v) is 7.05. The molecular weight excluding hydrogens is 454 g/mol. The summed E-state index contributed by atoms with van der Waals surface area (Å²) in [4.78, 5) is 25.5. The van der Waals surface area contributed by atoms with Crippen LogP contribution in [0.3, 0.4) is 0 Å². The Balaban J connectivity index is 1.55. The Morgan fingerprint density at radius 1 is 1.06 bits per heavy atom. The molecule has 7 heteroatoms. The lowest BCUT2D eigenvalue weighted by atomic mass is 10.0. The Labute approximate surface area is 204 Å². The van der Waals surface area contributed by atoms with Crippen molar-refractivity contribution in [1.29, 1.82) is 0 Å². The summed E-state index contributed by atoms with van der Waals surface area (Å²) < 4.78 is 6.52. The average molecular weight is 484 g/mol. The Morgan fingerprint density at radius 3 is 2.45 bits per heavy atom. The number of amides is 1. The van der Waals surface area contributed by atoms with Gasteiger partial charge >= 0.3 is 5.97 Å². The molecule has 3 rings (SSSR count). The normalized spacial score (nSPS) is 14.9. The van der Waals surface area contributed by atoms with Gasteiger partial charge < -0.3 is 9.84 Å². The molecular formula is C26H29NO4S2. The Kier molecular flexibility index (Phi) is 8.69. The number of aryl methyl sites for hydroxylation is 3. The number of thioether (sulfide) groups is 1. The van der Waals surface area contributed by atoms with Gasteiger partial charge in [0.15, 0.2) is 0 Å². The highest BCUT2D eigenvalue weighted by atomic mass is 32.2. The summed E-state index contributed by atoms with van der Waals surface area (Å²) in [5.41, 5.74) is 5.84. The first kappa shape index (κ1) is 25.0. The SMILES string of the molecule is Cc1cc(C)c(COc2ccc(/C=C3/SC(=S)N(CCCCCC(=O)O)C3=O)cc2)cc1C. The van der Waals surface area contributed by atoms with Gasteiger partial charge in [-0.3, -0.25) is 14.5 Å². The second-order valence-electron chi connectivity index (χ2n) is 8.26. The van der Waals surface area contributed by atoms with Gasteiger partial charge in [0.05, 0.1) is 4.91 Å². The molecule has 2 aromatic carbocycles. The lowest BCUT2D eigenvalue weighted by Crippen LogP contribution is -2.29. The molecule has 1 fully saturated rings. The fourth-order valence-electron chi connectivity index (χ4n) is 3.56. The first-order chi connectivity index (χ1) is 15.7. The van der Waals surface area contributed by atoms with Gasteiger partial charge in [0, 0.05) is 13.0 Å². The number of carbonyl (C=O) groups is 2. The molecule has 0 unspecified atom stereocenters. The molecule has 0 bridgehead atoms. The van der Waals surface area contributed by atoms with Gasteiger partial charge in [0.1, 0.15) is 16.7 Å². The highest BCUT2D eigenvalue weighted by Crippen LogP contribution is 2.33. The lowest BCUT2D eigenvalue weighted by molar-refractivity contribution is -0.137. The van der Waals surface area contributed by atoms with Crippen molar-refractivity contribution in [2.24, 2.45) is 0 Å². The number of carboxylic acid groups (broad SMARTS) is 1. The molecule has 0 saturated carbocycles. The van der Waals surface area contributed by atoms with E-state index in [0.717, 1.165) is 24.2 Å². The van der Waals surface area contributed by atoms with E-state index < -0.39 is 5.97 Å². The number of rotatable bonds is 10. The molecule has 0 aromatic heterocycles. The smallest absolute Gasteiger partial charge is 0.303 e. The van der Waals surface area contributed by atoms with Crippen LogP contribution in [0.15, 0.2) is 41.3 Å². The maximum atomic E-state index is 12.7. The van der Waals surface area contributed by atoms with Crippen LogP contribution in [0.25, 0.3) is 6.08 Å². The highest BCUT2D eigenvalue weighted by molar-refractivity contribution is 8.26. The topological polar surface area (TPSA) is 66.8 Å². The van der Waals surface area contributed by atoms with Crippen molar-refractivity contribution in [3.05, 3.63) is 69.1 Å². The highest BCUT2D eigenvalue weighted by Gasteiger charge is 2.31. The number of hydrogen-bond donors (Lipinski definition) is 1. The van der Waals surface area contributed by atoms with Gasteiger partial charge in [-0.05, 0) is 79.6 Å². The molecule has 33 heavy (non-hydrogen) atoms. The van der Waals surface area contributed by atoms with Crippen molar-refractivity contribution in [1.82, 2.24) is 4.90 Å². The maximum Gasteiger partial charge on any atom is 0.303 e. The average Bonchev–Trinajstić information content (AvgIpc) is 3.03. The molecule has 2 aromatic rings. The lowest BCUT2D eigenvalue weighted by Gasteiger charge is -2.13. The molecule has 0 spiro atoms. The van der Waals surface area contributed by atoms with Gasteiger partial charge in [-0.15, -0.1) is 0 Å².